The third-order valence-corrected chi connectivity index (χ3v) is 4.47. The van der Waals surface area contributed by atoms with E-state index in [4.69, 9.17) is 5.11 Å². The highest BCUT2D eigenvalue weighted by Gasteiger charge is 2.28. The molecule has 1 aromatic heterocycles. The van der Waals surface area contributed by atoms with Crippen LogP contribution in [0.5, 0.6) is 0 Å². The number of hydrogen-bond donors (Lipinski definition) is 1. The van der Waals surface area contributed by atoms with Crippen LogP contribution in [-0.2, 0) is 13.6 Å². The molecule has 1 N–H and O–H groups in total. The summed E-state index contributed by atoms with van der Waals surface area (Å²) in [5.74, 6) is 0.191. The van der Waals surface area contributed by atoms with Crippen molar-refractivity contribution >= 4 is 17.7 Å². The number of carbonyl (C=O) groups is 1. The lowest BCUT2D eigenvalue weighted by atomic mass is 10.1. The summed E-state index contributed by atoms with van der Waals surface area (Å²) in [6, 6.07) is 0. The summed E-state index contributed by atoms with van der Waals surface area (Å²) in [5.41, 5.74) is 1.10. The van der Waals surface area contributed by atoms with Crippen molar-refractivity contribution in [3.63, 3.8) is 0 Å². The normalized spacial score (nSPS) is 19.9. The lowest BCUT2D eigenvalue weighted by molar-refractivity contribution is 0.0694. The van der Waals surface area contributed by atoms with Crippen molar-refractivity contribution in [2.24, 2.45) is 7.05 Å². The van der Waals surface area contributed by atoms with Gasteiger partial charge in [0.05, 0.1) is 11.9 Å². The van der Waals surface area contributed by atoms with E-state index in [1.165, 1.54) is 6.20 Å². The van der Waals surface area contributed by atoms with Gasteiger partial charge in [-0.15, -0.1) is 0 Å². The van der Waals surface area contributed by atoms with E-state index in [0.717, 1.165) is 24.5 Å². The number of hydrogen-bond acceptors (Lipinski definition) is 4. The number of aromatic carboxylic acids is 1. The van der Waals surface area contributed by atoms with Gasteiger partial charge in [-0.1, -0.05) is 0 Å². The summed E-state index contributed by atoms with van der Waals surface area (Å²) in [7, 11) is 1.80. The van der Waals surface area contributed by atoms with Crippen LogP contribution in [0.25, 0.3) is 0 Å². The van der Waals surface area contributed by atoms with Crippen LogP contribution in [0.3, 0.4) is 0 Å². The van der Waals surface area contributed by atoms with Gasteiger partial charge in [0.2, 0.25) is 0 Å². The summed E-state index contributed by atoms with van der Waals surface area (Å²) >= 11 is 1.97. The molecular weight excluding hydrogens is 250 g/mol. The van der Waals surface area contributed by atoms with E-state index in [9.17, 15) is 4.79 Å². The fraction of sp³-hybridized carbons (Fsp3) is 0.667. The van der Waals surface area contributed by atoms with Crippen molar-refractivity contribution in [3.05, 3.63) is 17.5 Å². The number of carboxylic acid groups (broad SMARTS) is 1. The Morgan fingerprint density at radius 1 is 1.61 bits per heavy atom. The number of thioether (sulfide) groups is 1. The van der Waals surface area contributed by atoms with Crippen molar-refractivity contribution in [1.29, 1.82) is 0 Å². The van der Waals surface area contributed by atoms with Gasteiger partial charge in [-0.25, -0.2) is 4.79 Å². The number of carboxylic acids is 1. The van der Waals surface area contributed by atoms with Gasteiger partial charge in [-0.3, -0.25) is 9.58 Å². The van der Waals surface area contributed by atoms with Crippen LogP contribution in [0.15, 0.2) is 6.20 Å². The lowest BCUT2D eigenvalue weighted by Crippen LogP contribution is -2.43. The molecule has 0 radical (unpaired) electrons. The zero-order valence-corrected chi connectivity index (χ0v) is 11.8. The van der Waals surface area contributed by atoms with Gasteiger partial charge >= 0.3 is 5.97 Å². The van der Waals surface area contributed by atoms with Crippen LogP contribution < -0.4 is 0 Å². The van der Waals surface area contributed by atoms with Crippen molar-refractivity contribution in [2.45, 2.75) is 25.1 Å². The minimum absolute atomic E-state index is 0.236. The molecule has 100 valence electrons. The molecule has 0 saturated carbocycles. The van der Waals surface area contributed by atoms with Gasteiger partial charge in [0.1, 0.15) is 5.56 Å². The number of nitrogens with zero attached hydrogens (tertiary/aromatic N) is 3. The van der Waals surface area contributed by atoms with E-state index in [1.807, 2.05) is 11.8 Å². The van der Waals surface area contributed by atoms with Crippen LogP contribution >= 0.6 is 11.8 Å². The van der Waals surface area contributed by atoms with Crippen LogP contribution in [0, 0.1) is 0 Å². The van der Waals surface area contributed by atoms with Gasteiger partial charge in [0.25, 0.3) is 0 Å². The molecule has 6 heteroatoms. The molecule has 0 aromatic carbocycles. The smallest absolute Gasteiger partial charge is 0.339 e. The molecule has 5 nitrogen and oxygen atoms in total. The first-order valence-corrected chi connectivity index (χ1v) is 6.98. The fourth-order valence-corrected chi connectivity index (χ4v) is 3.47. The van der Waals surface area contributed by atoms with Gasteiger partial charge < -0.3 is 5.11 Å². The molecule has 1 aromatic rings. The summed E-state index contributed by atoms with van der Waals surface area (Å²) < 4.78 is 1.90. The standard InChI is InChI=1S/C12H19N3O2S/c1-12(2)8-15(4-5-18-12)7-10-9(11(16)17)6-13-14(10)3/h6H,4-5,7-8H2,1-3H3,(H,16,17). The second-order valence-corrected chi connectivity index (χ2v) is 7.05. The summed E-state index contributed by atoms with van der Waals surface area (Å²) in [6.45, 7) is 7.08. The molecule has 0 amide bonds. The molecule has 0 bridgehead atoms. The summed E-state index contributed by atoms with van der Waals surface area (Å²) in [6.07, 6.45) is 1.43. The maximum absolute atomic E-state index is 11.1. The van der Waals surface area contributed by atoms with Crippen molar-refractivity contribution in [3.8, 4) is 0 Å². The Bertz CT molecular complexity index is 456. The molecule has 0 unspecified atom stereocenters. The molecule has 18 heavy (non-hydrogen) atoms. The maximum atomic E-state index is 11.1. The highest BCUT2D eigenvalue weighted by atomic mass is 32.2. The van der Waals surface area contributed by atoms with E-state index >= 15 is 0 Å². The summed E-state index contributed by atoms with van der Waals surface area (Å²) in [5, 5.41) is 13.2. The zero-order chi connectivity index (χ0) is 13.3. The minimum Gasteiger partial charge on any atom is -0.478 e. The molecule has 1 aliphatic heterocycles. The molecule has 1 saturated heterocycles. The van der Waals surface area contributed by atoms with E-state index in [-0.39, 0.29) is 4.75 Å². The Morgan fingerprint density at radius 3 is 2.94 bits per heavy atom. The molecule has 2 heterocycles. The third kappa shape index (κ3) is 2.87. The van der Waals surface area contributed by atoms with Crippen LogP contribution in [0.4, 0.5) is 0 Å². The Hall–Kier alpha value is -1.01. The monoisotopic (exact) mass is 269 g/mol. The second kappa shape index (κ2) is 4.93. The molecule has 0 atom stereocenters. The Kier molecular flexibility index (Phi) is 3.68. The predicted molar refractivity (Wildman–Crippen MR) is 72.0 cm³/mol. The highest BCUT2D eigenvalue weighted by Crippen LogP contribution is 2.30. The van der Waals surface area contributed by atoms with Crippen LogP contribution in [-0.4, -0.2) is 49.3 Å². The Morgan fingerprint density at radius 2 is 2.33 bits per heavy atom. The van der Waals surface area contributed by atoms with E-state index in [0.29, 0.717) is 12.1 Å². The van der Waals surface area contributed by atoms with Crippen molar-refractivity contribution in [1.82, 2.24) is 14.7 Å². The van der Waals surface area contributed by atoms with Gasteiger partial charge in [-0.05, 0) is 13.8 Å². The quantitative estimate of drug-likeness (QED) is 0.900. The van der Waals surface area contributed by atoms with Crippen molar-refractivity contribution < 1.29 is 9.90 Å². The van der Waals surface area contributed by atoms with Crippen LogP contribution in [0.1, 0.15) is 29.9 Å². The van der Waals surface area contributed by atoms with E-state index in [1.54, 1.807) is 11.7 Å². The van der Waals surface area contributed by atoms with E-state index in [2.05, 4.69) is 23.8 Å². The first kappa shape index (κ1) is 13.4. The second-order valence-electron chi connectivity index (χ2n) is 5.25. The molecule has 2 rings (SSSR count). The first-order valence-electron chi connectivity index (χ1n) is 5.99. The van der Waals surface area contributed by atoms with Gasteiger partial charge in [-0.2, -0.15) is 16.9 Å². The Balaban J connectivity index is 2.14. The SMILES string of the molecule is Cn1ncc(C(=O)O)c1CN1CCSC(C)(C)C1. The average Bonchev–Trinajstić information content (AvgIpc) is 2.59. The third-order valence-electron chi connectivity index (χ3n) is 3.17. The first-order chi connectivity index (χ1) is 8.39. The topological polar surface area (TPSA) is 58.4 Å². The zero-order valence-electron chi connectivity index (χ0n) is 11.0. The van der Waals surface area contributed by atoms with Crippen LogP contribution in [0.2, 0.25) is 0 Å². The number of rotatable bonds is 3. The minimum atomic E-state index is -0.899. The molecule has 1 aliphatic rings. The largest absolute Gasteiger partial charge is 0.478 e. The lowest BCUT2D eigenvalue weighted by Gasteiger charge is -2.37. The number of aromatic nitrogens is 2. The molecule has 0 aliphatic carbocycles. The predicted octanol–water partition coefficient (Wildman–Crippen LogP) is 1.45. The number of aryl methyl sites for hydroxylation is 1. The van der Waals surface area contributed by atoms with Crippen molar-refractivity contribution in [2.75, 3.05) is 18.8 Å². The maximum Gasteiger partial charge on any atom is 0.339 e. The van der Waals surface area contributed by atoms with E-state index < -0.39 is 5.97 Å². The fourth-order valence-electron chi connectivity index (χ4n) is 2.29. The highest BCUT2D eigenvalue weighted by molar-refractivity contribution is 8.00. The van der Waals surface area contributed by atoms with Gasteiger partial charge in [0.15, 0.2) is 0 Å². The molecule has 0 spiro atoms. The molecular formula is C12H19N3O2S. The van der Waals surface area contributed by atoms with Gasteiger partial charge in [0, 0.05) is 37.2 Å². The molecule has 1 fully saturated rings. The summed E-state index contributed by atoms with van der Waals surface area (Å²) in [4.78, 5) is 13.4. The average molecular weight is 269 g/mol. The Labute approximate surface area is 111 Å².